The van der Waals surface area contributed by atoms with Crippen molar-refractivity contribution in [2.75, 3.05) is 0 Å². The normalized spacial score (nSPS) is 11.6. The molecule has 0 unspecified atom stereocenters. The van der Waals surface area contributed by atoms with E-state index in [0.29, 0.717) is 0 Å². The summed E-state index contributed by atoms with van der Waals surface area (Å²) in [6.45, 7) is 0. The molecule has 9 aromatic rings. The van der Waals surface area contributed by atoms with Crippen molar-refractivity contribution in [2.45, 2.75) is 0 Å². The third-order valence-corrected chi connectivity index (χ3v) is 9.24. The van der Waals surface area contributed by atoms with Crippen LogP contribution in [-0.4, -0.2) is 0 Å². The maximum absolute atomic E-state index is 2.37. The quantitative estimate of drug-likeness (QED) is 0.150. The fourth-order valence-electron chi connectivity index (χ4n) is 7.21. The Balaban J connectivity index is 1.26. The van der Waals surface area contributed by atoms with Gasteiger partial charge in [-0.25, -0.2) is 0 Å². The van der Waals surface area contributed by atoms with Crippen LogP contribution < -0.4 is 0 Å². The molecule has 9 aromatic carbocycles. The highest BCUT2D eigenvalue weighted by Crippen LogP contribution is 2.44. The second-order valence-corrected chi connectivity index (χ2v) is 11.7. The highest BCUT2D eigenvalue weighted by molar-refractivity contribution is 6.22. The van der Waals surface area contributed by atoms with Crippen LogP contribution in [0.5, 0.6) is 0 Å². The van der Waals surface area contributed by atoms with E-state index in [1.165, 1.54) is 87.2 Å². The van der Waals surface area contributed by atoms with Crippen molar-refractivity contribution in [1.29, 1.82) is 0 Å². The zero-order valence-electron chi connectivity index (χ0n) is 24.2. The SMILES string of the molecule is c1ccc2c(-c3ccc(-c4c5ccccc5c(-c5ccc6c(ccc7ccccc76)c5)c5ccccc45)cc3)cccc2c1. The lowest BCUT2D eigenvalue weighted by molar-refractivity contribution is 1.63. The molecule has 0 aliphatic heterocycles. The van der Waals surface area contributed by atoms with Crippen LogP contribution in [-0.2, 0) is 0 Å². The Kier molecular flexibility index (Phi) is 5.61. The summed E-state index contributed by atoms with van der Waals surface area (Å²) in [7, 11) is 0. The topological polar surface area (TPSA) is 0 Å². The standard InChI is InChI=1S/C44H28/c1-3-13-35-29(10-1)12-9-19-37(35)31-20-23-32(24-21-31)43-39-15-5-7-17-41(39)44(42-18-8-6-16-40(42)43)34-26-27-38-33(28-34)25-22-30-11-2-4-14-36(30)38/h1-28H. The average Bonchev–Trinajstić information content (AvgIpc) is 3.10. The first kappa shape index (κ1) is 24.8. The van der Waals surface area contributed by atoms with Crippen LogP contribution in [0.4, 0.5) is 0 Å². The molecule has 0 aliphatic rings. The molecule has 0 aromatic heterocycles. The predicted octanol–water partition coefficient (Wildman–Crippen LogP) is 12.5. The lowest BCUT2D eigenvalue weighted by Gasteiger charge is -2.18. The summed E-state index contributed by atoms with van der Waals surface area (Å²) >= 11 is 0. The summed E-state index contributed by atoms with van der Waals surface area (Å²) in [6, 6.07) is 62.3. The Morgan fingerprint density at radius 3 is 1.32 bits per heavy atom. The molecule has 0 fully saturated rings. The van der Waals surface area contributed by atoms with Crippen molar-refractivity contribution in [2.24, 2.45) is 0 Å². The van der Waals surface area contributed by atoms with E-state index in [2.05, 4.69) is 170 Å². The molecule has 9 rings (SSSR count). The molecule has 0 atom stereocenters. The first-order chi connectivity index (χ1) is 21.8. The van der Waals surface area contributed by atoms with E-state index in [-0.39, 0.29) is 0 Å². The zero-order valence-corrected chi connectivity index (χ0v) is 24.2. The van der Waals surface area contributed by atoms with Crippen molar-refractivity contribution in [3.05, 3.63) is 170 Å². The smallest absolute Gasteiger partial charge is 0.00262 e. The van der Waals surface area contributed by atoms with Gasteiger partial charge in [-0.2, -0.15) is 0 Å². The molecule has 0 heteroatoms. The maximum Gasteiger partial charge on any atom is -0.00262 e. The third-order valence-electron chi connectivity index (χ3n) is 9.24. The molecule has 0 amide bonds. The molecular weight excluding hydrogens is 528 g/mol. The van der Waals surface area contributed by atoms with Gasteiger partial charge in [0, 0.05) is 0 Å². The highest BCUT2D eigenvalue weighted by Gasteiger charge is 2.17. The van der Waals surface area contributed by atoms with Gasteiger partial charge in [-0.05, 0) is 93.3 Å². The van der Waals surface area contributed by atoms with Crippen LogP contribution in [0.2, 0.25) is 0 Å². The number of benzene rings is 9. The summed E-state index contributed by atoms with van der Waals surface area (Å²) in [5.41, 5.74) is 7.57. The molecule has 44 heavy (non-hydrogen) atoms. The molecule has 0 N–H and O–H groups in total. The number of hydrogen-bond acceptors (Lipinski definition) is 0. The molecule has 0 nitrogen and oxygen atoms in total. The van der Waals surface area contributed by atoms with Gasteiger partial charge in [0.2, 0.25) is 0 Å². The molecule has 0 radical (unpaired) electrons. The van der Waals surface area contributed by atoms with Crippen LogP contribution in [0.25, 0.3) is 87.2 Å². The van der Waals surface area contributed by atoms with Crippen molar-refractivity contribution >= 4 is 53.9 Å². The number of rotatable bonds is 3. The van der Waals surface area contributed by atoms with Gasteiger partial charge in [0.1, 0.15) is 0 Å². The first-order valence-electron chi connectivity index (χ1n) is 15.3. The minimum Gasteiger partial charge on any atom is -0.0616 e. The second kappa shape index (κ2) is 9.93. The monoisotopic (exact) mass is 556 g/mol. The molecule has 0 aliphatic carbocycles. The van der Waals surface area contributed by atoms with Gasteiger partial charge in [0.05, 0.1) is 0 Å². The van der Waals surface area contributed by atoms with Gasteiger partial charge in [-0.15, -0.1) is 0 Å². The summed E-state index contributed by atoms with van der Waals surface area (Å²) < 4.78 is 0. The molecule has 0 bridgehead atoms. The molecule has 0 heterocycles. The van der Waals surface area contributed by atoms with Crippen LogP contribution in [0, 0.1) is 0 Å². The summed E-state index contributed by atoms with van der Waals surface area (Å²) in [5.74, 6) is 0. The van der Waals surface area contributed by atoms with Gasteiger partial charge < -0.3 is 0 Å². The van der Waals surface area contributed by atoms with E-state index < -0.39 is 0 Å². The maximum atomic E-state index is 2.37. The number of hydrogen-bond donors (Lipinski definition) is 0. The predicted molar refractivity (Wildman–Crippen MR) is 190 cm³/mol. The Bertz CT molecular complexity index is 2470. The molecule has 0 spiro atoms. The van der Waals surface area contributed by atoms with E-state index in [9.17, 15) is 0 Å². The van der Waals surface area contributed by atoms with E-state index in [4.69, 9.17) is 0 Å². The molecule has 0 saturated heterocycles. The van der Waals surface area contributed by atoms with E-state index in [1.54, 1.807) is 0 Å². The Morgan fingerprint density at radius 1 is 0.227 bits per heavy atom. The minimum absolute atomic E-state index is 1.23. The van der Waals surface area contributed by atoms with Crippen molar-refractivity contribution in [3.8, 4) is 33.4 Å². The van der Waals surface area contributed by atoms with Gasteiger partial charge in [0.25, 0.3) is 0 Å². The van der Waals surface area contributed by atoms with Gasteiger partial charge >= 0.3 is 0 Å². The van der Waals surface area contributed by atoms with Gasteiger partial charge in [-0.3, -0.25) is 0 Å². The highest BCUT2D eigenvalue weighted by atomic mass is 14.2. The number of fused-ring (bicyclic) bond motifs is 6. The summed E-state index contributed by atoms with van der Waals surface area (Å²) in [5, 5.41) is 12.8. The van der Waals surface area contributed by atoms with Crippen molar-refractivity contribution in [3.63, 3.8) is 0 Å². The third kappa shape index (κ3) is 3.85. The van der Waals surface area contributed by atoms with E-state index in [0.717, 1.165) is 0 Å². The van der Waals surface area contributed by atoms with E-state index >= 15 is 0 Å². The largest absolute Gasteiger partial charge is 0.0616 e. The fourth-order valence-corrected chi connectivity index (χ4v) is 7.21. The lowest BCUT2D eigenvalue weighted by atomic mass is 9.85. The summed E-state index contributed by atoms with van der Waals surface area (Å²) in [6.07, 6.45) is 0. The van der Waals surface area contributed by atoms with Gasteiger partial charge in [-0.1, -0.05) is 164 Å². The van der Waals surface area contributed by atoms with Crippen LogP contribution in [0.3, 0.4) is 0 Å². The van der Waals surface area contributed by atoms with Crippen molar-refractivity contribution < 1.29 is 0 Å². The van der Waals surface area contributed by atoms with Crippen LogP contribution in [0.1, 0.15) is 0 Å². The Morgan fingerprint density at radius 2 is 0.659 bits per heavy atom. The molecule has 0 saturated carbocycles. The average molecular weight is 557 g/mol. The van der Waals surface area contributed by atoms with E-state index in [1.807, 2.05) is 0 Å². The summed E-state index contributed by atoms with van der Waals surface area (Å²) in [4.78, 5) is 0. The molecule has 204 valence electrons. The van der Waals surface area contributed by atoms with Crippen LogP contribution >= 0.6 is 0 Å². The Hall–Kier alpha value is -5.72. The fraction of sp³-hybridized carbons (Fsp3) is 0. The Labute approximate surface area is 256 Å². The second-order valence-electron chi connectivity index (χ2n) is 11.7. The first-order valence-corrected chi connectivity index (χ1v) is 15.3. The van der Waals surface area contributed by atoms with Gasteiger partial charge in [0.15, 0.2) is 0 Å². The molecular formula is C44H28. The minimum atomic E-state index is 1.23. The zero-order chi connectivity index (χ0) is 29.0. The van der Waals surface area contributed by atoms with Crippen LogP contribution in [0.15, 0.2) is 170 Å². The lowest BCUT2D eigenvalue weighted by Crippen LogP contribution is -1.91. The van der Waals surface area contributed by atoms with Crippen molar-refractivity contribution in [1.82, 2.24) is 0 Å².